The van der Waals surface area contributed by atoms with Gasteiger partial charge in [-0.2, -0.15) is 0 Å². The van der Waals surface area contributed by atoms with E-state index in [-0.39, 0.29) is 0 Å². The molecule has 2 aromatic carbocycles. The van der Waals surface area contributed by atoms with Crippen molar-refractivity contribution in [2.75, 3.05) is 5.32 Å². The monoisotopic (exact) mass is 262 g/mol. The molecule has 2 heteroatoms. The molecular formula is C18H18N2. The van der Waals surface area contributed by atoms with Gasteiger partial charge in [0.2, 0.25) is 0 Å². The number of aromatic nitrogens is 1. The number of fused-ring (bicyclic) bond motifs is 1. The van der Waals surface area contributed by atoms with Gasteiger partial charge in [-0.05, 0) is 37.1 Å². The fraction of sp³-hybridized carbons (Fsp3) is 0.167. The minimum atomic E-state index is 0.971. The summed E-state index contributed by atoms with van der Waals surface area (Å²) in [6.45, 7) is 4.26. The maximum absolute atomic E-state index is 4.71. The fourth-order valence-corrected chi connectivity index (χ4v) is 2.62. The highest BCUT2D eigenvalue weighted by molar-refractivity contribution is 5.95. The van der Waals surface area contributed by atoms with Crippen molar-refractivity contribution in [3.63, 3.8) is 0 Å². The van der Waals surface area contributed by atoms with E-state index in [1.54, 1.807) is 0 Å². The Morgan fingerprint density at radius 1 is 0.950 bits per heavy atom. The van der Waals surface area contributed by atoms with E-state index in [9.17, 15) is 0 Å². The Labute approximate surface area is 119 Å². The SMILES string of the molecule is CCc1c(C)nc2ccccc2c1Nc1ccccc1. The van der Waals surface area contributed by atoms with Gasteiger partial charge in [0.15, 0.2) is 0 Å². The Morgan fingerprint density at radius 2 is 1.65 bits per heavy atom. The minimum absolute atomic E-state index is 0.971. The van der Waals surface area contributed by atoms with Crippen molar-refractivity contribution in [1.82, 2.24) is 4.98 Å². The van der Waals surface area contributed by atoms with Crippen LogP contribution in [0.4, 0.5) is 11.4 Å². The van der Waals surface area contributed by atoms with Crippen molar-refractivity contribution >= 4 is 22.3 Å². The third kappa shape index (κ3) is 2.25. The van der Waals surface area contributed by atoms with Gasteiger partial charge in [-0.1, -0.05) is 43.3 Å². The highest BCUT2D eigenvalue weighted by Gasteiger charge is 2.11. The Kier molecular flexibility index (Phi) is 3.38. The van der Waals surface area contributed by atoms with Crippen molar-refractivity contribution in [3.8, 4) is 0 Å². The standard InChI is InChI=1S/C18H18N2/c1-3-15-13(2)19-17-12-8-7-11-16(17)18(15)20-14-9-5-4-6-10-14/h4-12H,3H2,1-2H3,(H,19,20). The lowest BCUT2D eigenvalue weighted by Crippen LogP contribution is -2.01. The molecule has 0 amide bonds. The lowest BCUT2D eigenvalue weighted by atomic mass is 10.0. The highest BCUT2D eigenvalue weighted by Crippen LogP contribution is 2.31. The molecule has 0 saturated carbocycles. The van der Waals surface area contributed by atoms with E-state index in [1.165, 1.54) is 16.6 Å². The number of hydrogen-bond acceptors (Lipinski definition) is 2. The molecule has 0 saturated heterocycles. The van der Waals surface area contributed by atoms with Gasteiger partial charge in [0, 0.05) is 16.8 Å². The van der Waals surface area contributed by atoms with Crippen molar-refractivity contribution < 1.29 is 0 Å². The Morgan fingerprint density at radius 3 is 2.40 bits per heavy atom. The van der Waals surface area contributed by atoms with E-state index >= 15 is 0 Å². The molecule has 1 heterocycles. The average molecular weight is 262 g/mol. The lowest BCUT2D eigenvalue weighted by Gasteiger charge is -2.16. The molecule has 100 valence electrons. The molecule has 0 aliphatic heterocycles. The molecule has 0 fully saturated rings. The first-order valence-corrected chi connectivity index (χ1v) is 7.00. The maximum Gasteiger partial charge on any atom is 0.0726 e. The highest BCUT2D eigenvalue weighted by atomic mass is 14.9. The fourth-order valence-electron chi connectivity index (χ4n) is 2.62. The number of nitrogens with zero attached hydrogens (tertiary/aromatic N) is 1. The first-order valence-electron chi connectivity index (χ1n) is 7.00. The molecular weight excluding hydrogens is 244 g/mol. The zero-order valence-corrected chi connectivity index (χ0v) is 11.9. The molecule has 0 aliphatic carbocycles. The average Bonchev–Trinajstić information content (AvgIpc) is 2.48. The van der Waals surface area contributed by atoms with Gasteiger partial charge in [-0.15, -0.1) is 0 Å². The van der Waals surface area contributed by atoms with E-state index in [2.05, 4.69) is 49.5 Å². The Balaban J connectivity index is 2.21. The van der Waals surface area contributed by atoms with Crippen LogP contribution < -0.4 is 5.32 Å². The molecule has 2 nitrogen and oxygen atoms in total. The summed E-state index contributed by atoms with van der Waals surface area (Å²) < 4.78 is 0. The predicted molar refractivity (Wildman–Crippen MR) is 85.6 cm³/mol. The van der Waals surface area contributed by atoms with Gasteiger partial charge in [0.25, 0.3) is 0 Å². The van der Waals surface area contributed by atoms with Gasteiger partial charge in [-0.3, -0.25) is 4.98 Å². The number of para-hydroxylation sites is 2. The molecule has 0 bridgehead atoms. The van der Waals surface area contributed by atoms with Gasteiger partial charge in [0.05, 0.1) is 11.2 Å². The largest absolute Gasteiger partial charge is 0.355 e. The maximum atomic E-state index is 4.71. The molecule has 3 aromatic rings. The van der Waals surface area contributed by atoms with Crippen LogP contribution in [0.5, 0.6) is 0 Å². The first-order chi connectivity index (χ1) is 9.79. The van der Waals surface area contributed by atoms with Crippen LogP contribution in [0.3, 0.4) is 0 Å². The van der Waals surface area contributed by atoms with E-state index in [0.29, 0.717) is 0 Å². The number of pyridine rings is 1. The number of rotatable bonds is 3. The second kappa shape index (κ2) is 5.33. The third-order valence-electron chi connectivity index (χ3n) is 3.60. The van der Waals surface area contributed by atoms with Crippen LogP contribution in [0.15, 0.2) is 54.6 Å². The summed E-state index contributed by atoms with van der Waals surface area (Å²) in [6, 6.07) is 18.6. The van der Waals surface area contributed by atoms with Crippen molar-refractivity contribution in [3.05, 3.63) is 65.9 Å². The van der Waals surface area contributed by atoms with Gasteiger partial charge in [-0.25, -0.2) is 0 Å². The van der Waals surface area contributed by atoms with Crippen LogP contribution in [0, 0.1) is 6.92 Å². The number of anilines is 2. The number of nitrogens with one attached hydrogen (secondary N) is 1. The summed E-state index contributed by atoms with van der Waals surface area (Å²) in [5.74, 6) is 0. The Bertz CT molecular complexity index is 733. The zero-order chi connectivity index (χ0) is 13.9. The third-order valence-corrected chi connectivity index (χ3v) is 3.60. The molecule has 0 radical (unpaired) electrons. The van der Waals surface area contributed by atoms with Crippen LogP contribution in [0.2, 0.25) is 0 Å². The molecule has 0 aliphatic rings. The first kappa shape index (κ1) is 12.7. The van der Waals surface area contributed by atoms with Crippen LogP contribution in [-0.4, -0.2) is 4.98 Å². The predicted octanol–water partition coefficient (Wildman–Crippen LogP) is 4.85. The molecule has 1 aromatic heterocycles. The summed E-state index contributed by atoms with van der Waals surface area (Å²) in [7, 11) is 0. The van der Waals surface area contributed by atoms with E-state index in [4.69, 9.17) is 4.98 Å². The molecule has 20 heavy (non-hydrogen) atoms. The second-order valence-electron chi connectivity index (χ2n) is 4.91. The number of benzene rings is 2. The van der Waals surface area contributed by atoms with Gasteiger partial charge < -0.3 is 5.32 Å². The van der Waals surface area contributed by atoms with E-state index < -0.39 is 0 Å². The summed E-state index contributed by atoms with van der Waals surface area (Å²) in [4.78, 5) is 4.71. The summed E-state index contributed by atoms with van der Waals surface area (Å²) in [5, 5.41) is 4.75. The van der Waals surface area contributed by atoms with Crippen molar-refractivity contribution in [1.29, 1.82) is 0 Å². The number of aryl methyl sites for hydroxylation is 1. The molecule has 0 unspecified atom stereocenters. The van der Waals surface area contributed by atoms with E-state index in [1.807, 2.05) is 24.3 Å². The smallest absolute Gasteiger partial charge is 0.0726 e. The summed E-state index contributed by atoms with van der Waals surface area (Å²) >= 11 is 0. The van der Waals surface area contributed by atoms with Gasteiger partial charge in [0.1, 0.15) is 0 Å². The van der Waals surface area contributed by atoms with Crippen LogP contribution in [0.1, 0.15) is 18.2 Å². The number of hydrogen-bond donors (Lipinski definition) is 1. The van der Waals surface area contributed by atoms with Crippen LogP contribution >= 0.6 is 0 Å². The van der Waals surface area contributed by atoms with E-state index in [0.717, 1.165) is 23.3 Å². The lowest BCUT2D eigenvalue weighted by molar-refractivity contribution is 1.07. The van der Waals surface area contributed by atoms with Crippen LogP contribution in [0.25, 0.3) is 10.9 Å². The Hall–Kier alpha value is -2.35. The second-order valence-corrected chi connectivity index (χ2v) is 4.91. The van der Waals surface area contributed by atoms with Crippen molar-refractivity contribution in [2.24, 2.45) is 0 Å². The van der Waals surface area contributed by atoms with Crippen LogP contribution in [-0.2, 0) is 6.42 Å². The molecule has 1 N–H and O–H groups in total. The molecule has 3 rings (SSSR count). The summed E-state index contributed by atoms with van der Waals surface area (Å²) in [6.07, 6.45) is 0.971. The normalized spacial score (nSPS) is 10.7. The molecule has 0 atom stereocenters. The topological polar surface area (TPSA) is 24.9 Å². The summed E-state index contributed by atoms with van der Waals surface area (Å²) in [5.41, 5.74) is 5.72. The quantitative estimate of drug-likeness (QED) is 0.730. The van der Waals surface area contributed by atoms with Gasteiger partial charge >= 0.3 is 0 Å². The zero-order valence-electron chi connectivity index (χ0n) is 11.9. The minimum Gasteiger partial charge on any atom is -0.355 e. The van der Waals surface area contributed by atoms with Crippen molar-refractivity contribution in [2.45, 2.75) is 20.3 Å². The molecule has 0 spiro atoms.